The van der Waals surface area contributed by atoms with Crippen LogP contribution in [0.4, 0.5) is 0 Å². The van der Waals surface area contributed by atoms with E-state index in [-0.39, 0.29) is 30.9 Å². The molecule has 2 rings (SSSR count). The molecule has 1 saturated heterocycles. The number of halogens is 1. The molecule has 1 aliphatic heterocycles. The first-order valence-corrected chi connectivity index (χ1v) is 6.93. The standard InChI is InChI=1S/C12H18N2O2S.ClH/c15-11(9-4-6-17-8-9)7-14-12(16)10-3-1-2-5-13-10;/h4,6,8,10-11,13,15H,1-3,5,7H2,(H,14,16);1H/t10-,11?;/m0./s1. The number of nitrogens with one attached hydrogen (secondary N) is 2. The molecule has 0 aromatic carbocycles. The molecule has 0 radical (unpaired) electrons. The first-order chi connectivity index (χ1) is 8.27. The number of amides is 1. The van der Waals surface area contributed by atoms with Crippen molar-refractivity contribution < 1.29 is 9.90 Å². The molecule has 18 heavy (non-hydrogen) atoms. The van der Waals surface area contributed by atoms with Gasteiger partial charge in [-0.05, 0) is 41.8 Å². The van der Waals surface area contributed by atoms with Crippen LogP contribution in [-0.2, 0) is 4.79 Å². The summed E-state index contributed by atoms with van der Waals surface area (Å²) in [6.45, 7) is 1.19. The topological polar surface area (TPSA) is 61.4 Å². The first-order valence-electron chi connectivity index (χ1n) is 5.98. The quantitative estimate of drug-likeness (QED) is 0.787. The molecule has 1 aromatic rings. The Morgan fingerprint density at radius 2 is 2.44 bits per heavy atom. The average Bonchev–Trinajstić information content (AvgIpc) is 2.90. The Hall–Kier alpha value is -0.620. The maximum absolute atomic E-state index is 11.8. The van der Waals surface area contributed by atoms with Crippen molar-refractivity contribution in [2.45, 2.75) is 31.4 Å². The first kappa shape index (κ1) is 15.4. The smallest absolute Gasteiger partial charge is 0.237 e. The second-order valence-electron chi connectivity index (χ2n) is 4.32. The largest absolute Gasteiger partial charge is 0.387 e. The van der Waals surface area contributed by atoms with Crippen LogP contribution >= 0.6 is 23.7 Å². The molecule has 1 aliphatic rings. The fraction of sp³-hybridized carbons (Fsp3) is 0.583. The number of rotatable bonds is 4. The van der Waals surface area contributed by atoms with Gasteiger partial charge in [0.05, 0.1) is 12.1 Å². The Morgan fingerprint density at radius 3 is 3.06 bits per heavy atom. The van der Waals surface area contributed by atoms with Crippen LogP contribution in [0.3, 0.4) is 0 Å². The van der Waals surface area contributed by atoms with Crippen molar-refractivity contribution >= 4 is 29.7 Å². The molecule has 1 amide bonds. The van der Waals surface area contributed by atoms with E-state index < -0.39 is 6.10 Å². The summed E-state index contributed by atoms with van der Waals surface area (Å²) >= 11 is 1.55. The summed E-state index contributed by atoms with van der Waals surface area (Å²) in [4.78, 5) is 11.8. The maximum atomic E-state index is 11.8. The highest BCUT2D eigenvalue weighted by Crippen LogP contribution is 2.15. The van der Waals surface area contributed by atoms with E-state index in [9.17, 15) is 9.90 Å². The zero-order valence-corrected chi connectivity index (χ0v) is 11.7. The Labute approximate surface area is 117 Å². The molecule has 102 valence electrons. The normalized spacial score (nSPS) is 20.8. The van der Waals surface area contributed by atoms with E-state index in [2.05, 4.69) is 10.6 Å². The number of piperidine rings is 1. The predicted octanol–water partition coefficient (Wildman–Crippen LogP) is 1.46. The van der Waals surface area contributed by atoms with Crippen molar-refractivity contribution in [3.05, 3.63) is 22.4 Å². The summed E-state index contributed by atoms with van der Waals surface area (Å²) in [6.07, 6.45) is 2.52. The van der Waals surface area contributed by atoms with Crippen LogP contribution in [0.25, 0.3) is 0 Å². The van der Waals surface area contributed by atoms with Gasteiger partial charge in [0.1, 0.15) is 0 Å². The third-order valence-electron chi connectivity index (χ3n) is 3.02. The Balaban J connectivity index is 0.00000162. The second kappa shape index (κ2) is 7.74. The van der Waals surface area contributed by atoms with Gasteiger partial charge in [0.15, 0.2) is 0 Å². The molecule has 1 aromatic heterocycles. The van der Waals surface area contributed by atoms with Gasteiger partial charge in [-0.25, -0.2) is 0 Å². The van der Waals surface area contributed by atoms with Gasteiger partial charge >= 0.3 is 0 Å². The van der Waals surface area contributed by atoms with E-state index in [1.807, 2.05) is 16.8 Å². The van der Waals surface area contributed by atoms with Crippen LogP contribution in [0.1, 0.15) is 30.9 Å². The highest BCUT2D eigenvalue weighted by atomic mass is 35.5. The molecule has 4 nitrogen and oxygen atoms in total. The van der Waals surface area contributed by atoms with Crippen molar-refractivity contribution in [2.24, 2.45) is 0 Å². The molecular weight excluding hydrogens is 272 g/mol. The molecule has 2 atom stereocenters. The fourth-order valence-electron chi connectivity index (χ4n) is 1.98. The third-order valence-corrected chi connectivity index (χ3v) is 3.73. The van der Waals surface area contributed by atoms with Gasteiger partial charge in [0.25, 0.3) is 0 Å². The number of hydrogen-bond donors (Lipinski definition) is 3. The zero-order valence-electron chi connectivity index (χ0n) is 10.1. The highest BCUT2D eigenvalue weighted by Gasteiger charge is 2.20. The lowest BCUT2D eigenvalue weighted by Gasteiger charge is -2.23. The summed E-state index contributed by atoms with van der Waals surface area (Å²) in [5.74, 6) is -0.000945. The molecule has 3 N–H and O–H groups in total. The predicted molar refractivity (Wildman–Crippen MR) is 75.2 cm³/mol. The molecular formula is C12H19ClN2O2S. The van der Waals surface area contributed by atoms with Crippen LogP contribution < -0.4 is 10.6 Å². The summed E-state index contributed by atoms with van der Waals surface area (Å²) in [7, 11) is 0. The van der Waals surface area contributed by atoms with Gasteiger partial charge in [0.2, 0.25) is 5.91 Å². The molecule has 0 spiro atoms. The van der Waals surface area contributed by atoms with Gasteiger partial charge < -0.3 is 15.7 Å². The summed E-state index contributed by atoms with van der Waals surface area (Å²) in [6, 6.07) is 1.79. The highest BCUT2D eigenvalue weighted by molar-refractivity contribution is 7.07. The van der Waals surface area contributed by atoms with E-state index in [4.69, 9.17) is 0 Å². The van der Waals surface area contributed by atoms with Gasteiger partial charge in [-0.15, -0.1) is 12.4 Å². The van der Waals surface area contributed by atoms with Crippen molar-refractivity contribution in [1.29, 1.82) is 0 Å². The zero-order chi connectivity index (χ0) is 12.1. The minimum absolute atomic E-state index is 0. The van der Waals surface area contributed by atoms with Gasteiger partial charge in [-0.3, -0.25) is 4.79 Å². The molecule has 2 heterocycles. The van der Waals surface area contributed by atoms with Crippen molar-refractivity contribution in [2.75, 3.05) is 13.1 Å². The monoisotopic (exact) mass is 290 g/mol. The summed E-state index contributed by atoms with van der Waals surface area (Å²) in [5, 5.41) is 19.6. The molecule has 0 saturated carbocycles. The number of thiophene rings is 1. The third kappa shape index (κ3) is 4.24. The minimum Gasteiger partial charge on any atom is -0.387 e. The van der Waals surface area contributed by atoms with E-state index in [1.54, 1.807) is 11.3 Å². The maximum Gasteiger partial charge on any atom is 0.237 e. The summed E-state index contributed by atoms with van der Waals surface area (Å²) < 4.78 is 0. The number of carbonyl (C=O) groups excluding carboxylic acids is 1. The molecule has 6 heteroatoms. The van der Waals surface area contributed by atoms with E-state index in [0.717, 1.165) is 31.4 Å². The van der Waals surface area contributed by atoms with E-state index in [1.165, 1.54) is 0 Å². The minimum atomic E-state index is -0.603. The van der Waals surface area contributed by atoms with E-state index >= 15 is 0 Å². The van der Waals surface area contributed by atoms with Gasteiger partial charge in [-0.1, -0.05) is 6.42 Å². The lowest BCUT2D eigenvalue weighted by molar-refractivity contribution is -0.124. The van der Waals surface area contributed by atoms with Crippen LogP contribution in [0.5, 0.6) is 0 Å². The van der Waals surface area contributed by atoms with Crippen molar-refractivity contribution in [3.63, 3.8) is 0 Å². The average molecular weight is 291 g/mol. The lowest BCUT2D eigenvalue weighted by atomic mass is 10.0. The number of aliphatic hydroxyl groups excluding tert-OH is 1. The van der Waals surface area contributed by atoms with Gasteiger partial charge in [0, 0.05) is 6.54 Å². The number of hydrogen-bond acceptors (Lipinski definition) is 4. The Bertz CT molecular complexity index is 353. The van der Waals surface area contributed by atoms with Crippen LogP contribution in [0, 0.1) is 0 Å². The molecule has 1 fully saturated rings. The second-order valence-corrected chi connectivity index (χ2v) is 5.10. The van der Waals surface area contributed by atoms with Crippen molar-refractivity contribution in [3.8, 4) is 0 Å². The summed E-state index contributed by atoms with van der Waals surface area (Å²) in [5.41, 5.74) is 0.868. The SMILES string of the molecule is Cl.O=C(NCC(O)c1ccsc1)[C@@H]1CCCCN1. The van der Waals surface area contributed by atoms with Crippen LogP contribution in [-0.4, -0.2) is 30.1 Å². The van der Waals surface area contributed by atoms with Crippen molar-refractivity contribution in [1.82, 2.24) is 10.6 Å². The van der Waals surface area contributed by atoms with Crippen LogP contribution in [0.2, 0.25) is 0 Å². The number of carbonyl (C=O) groups is 1. The molecule has 0 aliphatic carbocycles. The molecule has 1 unspecified atom stereocenters. The Kier molecular flexibility index (Phi) is 6.63. The Morgan fingerprint density at radius 1 is 1.61 bits per heavy atom. The lowest BCUT2D eigenvalue weighted by Crippen LogP contribution is -2.47. The van der Waals surface area contributed by atoms with E-state index in [0.29, 0.717) is 0 Å². The van der Waals surface area contributed by atoms with Crippen LogP contribution in [0.15, 0.2) is 16.8 Å². The van der Waals surface area contributed by atoms with Gasteiger partial charge in [-0.2, -0.15) is 11.3 Å². The molecule has 0 bridgehead atoms. The number of aliphatic hydroxyl groups is 1. The fourth-order valence-corrected chi connectivity index (χ4v) is 2.69.